The first-order valence-corrected chi connectivity index (χ1v) is 7.12. The molecule has 0 bridgehead atoms. The highest BCUT2D eigenvalue weighted by Gasteiger charge is 2.12. The molecule has 0 atom stereocenters. The molecule has 0 aliphatic carbocycles. The van der Waals surface area contributed by atoms with E-state index in [9.17, 15) is 9.18 Å². The summed E-state index contributed by atoms with van der Waals surface area (Å²) in [6.45, 7) is 0.190. The molecule has 7 heteroatoms. The van der Waals surface area contributed by atoms with Crippen molar-refractivity contribution in [3.63, 3.8) is 0 Å². The third-order valence-corrected chi connectivity index (χ3v) is 3.36. The minimum atomic E-state index is -0.464. The van der Waals surface area contributed by atoms with Crippen molar-refractivity contribution in [2.45, 2.75) is 6.54 Å². The highest BCUT2D eigenvalue weighted by molar-refractivity contribution is 6.32. The Morgan fingerprint density at radius 3 is 2.57 bits per heavy atom. The molecule has 0 aliphatic heterocycles. The monoisotopic (exact) mass is 338 g/mol. The molecule has 0 spiro atoms. The number of anilines is 1. The number of rotatable bonds is 5. The van der Waals surface area contributed by atoms with Crippen LogP contribution in [0.25, 0.3) is 0 Å². The summed E-state index contributed by atoms with van der Waals surface area (Å²) < 4.78 is 23.4. The second-order valence-corrected chi connectivity index (χ2v) is 5.03. The number of carbonyl (C=O) groups is 1. The quantitative estimate of drug-likeness (QED) is 0.871. The van der Waals surface area contributed by atoms with Crippen LogP contribution in [-0.2, 0) is 6.54 Å². The van der Waals surface area contributed by atoms with Gasteiger partial charge in [-0.05, 0) is 23.8 Å². The minimum Gasteiger partial charge on any atom is -0.495 e. The predicted octanol–water partition coefficient (Wildman–Crippen LogP) is 3.82. The van der Waals surface area contributed by atoms with Crippen LogP contribution in [0.15, 0.2) is 36.4 Å². The van der Waals surface area contributed by atoms with Crippen molar-refractivity contribution >= 4 is 23.3 Å². The molecule has 0 heterocycles. The molecule has 5 nitrogen and oxygen atoms in total. The van der Waals surface area contributed by atoms with E-state index in [-0.39, 0.29) is 12.4 Å². The van der Waals surface area contributed by atoms with E-state index >= 15 is 0 Å². The van der Waals surface area contributed by atoms with Crippen molar-refractivity contribution in [1.82, 2.24) is 5.32 Å². The molecule has 2 rings (SSSR count). The van der Waals surface area contributed by atoms with Crippen LogP contribution in [0.3, 0.4) is 0 Å². The zero-order valence-corrected chi connectivity index (χ0v) is 13.4. The fourth-order valence-electron chi connectivity index (χ4n) is 1.95. The number of urea groups is 1. The van der Waals surface area contributed by atoms with E-state index in [4.69, 9.17) is 21.1 Å². The Kier molecular flexibility index (Phi) is 5.65. The second-order valence-electron chi connectivity index (χ2n) is 4.62. The minimum absolute atomic E-state index is 0.190. The van der Waals surface area contributed by atoms with Gasteiger partial charge in [0.25, 0.3) is 0 Å². The summed E-state index contributed by atoms with van der Waals surface area (Å²) in [6, 6.07) is 8.63. The first-order valence-electron chi connectivity index (χ1n) is 6.74. The van der Waals surface area contributed by atoms with Crippen molar-refractivity contribution < 1.29 is 18.7 Å². The van der Waals surface area contributed by atoms with E-state index in [0.29, 0.717) is 27.8 Å². The Hall–Kier alpha value is -2.47. The lowest BCUT2D eigenvalue weighted by molar-refractivity contribution is 0.251. The van der Waals surface area contributed by atoms with Crippen LogP contribution >= 0.6 is 11.6 Å². The summed E-state index contributed by atoms with van der Waals surface area (Å²) in [5.74, 6) is 0.495. The van der Waals surface area contributed by atoms with Gasteiger partial charge in [0, 0.05) is 12.6 Å². The lowest BCUT2D eigenvalue weighted by Gasteiger charge is -2.13. The van der Waals surface area contributed by atoms with Gasteiger partial charge in [0.05, 0.1) is 24.9 Å². The SMILES string of the molecule is COc1cc(OC)c(NC(=O)NCc2cccc(F)c2)cc1Cl. The van der Waals surface area contributed by atoms with Crippen molar-refractivity contribution in [2.24, 2.45) is 0 Å². The van der Waals surface area contributed by atoms with Gasteiger partial charge in [-0.25, -0.2) is 9.18 Å². The number of hydrogen-bond acceptors (Lipinski definition) is 3. The highest BCUT2D eigenvalue weighted by Crippen LogP contribution is 2.35. The van der Waals surface area contributed by atoms with E-state index in [1.54, 1.807) is 18.2 Å². The number of ether oxygens (including phenoxy) is 2. The number of hydrogen-bond donors (Lipinski definition) is 2. The average Bonchev–Trinajstić information content (AvgIpc) is 2.53. The highest BCUT2D eigenvalue weighted by atomic mass is 35.5. The fourth-order valence-corrected chi connectivity index (χ4v) is 2.19. The van der Waals surface area contributed by atoms with Crippen molar-refractivity contribution in [3.05, 3.63) is 52.8 Å². The maximum atomic E-state index is 13.1. The summed E-state index contributed by atoms with van der Waals surface area (Å²) in [6.07, 6.45) is 0. The van der Waals surface area contributed by atoms with Crippen LogP contribution in [0.4, 0.5) is 14.9 Å². The average molecular weight is 339 g/mol. The molecule has 23 heavy (non-hydrogen) atoms. The molecule has 2 aromatic rings. The molecule has 0 radical (unpaired) electrons. The zero-order chi connectivity index (χ0) is 16.8. The Morgan fingerprint density at radius 2 is 1.91 bits per heavy atom. The third-order valence-electron chi connectivity index (χ3n) is 3.06. The lowest BCUT2D eigenvalue weighted by atomic mass is 10.2. The Morgan fingerprint density at radius 1 is 1.17 bits per heavy atom. The lowest BCUT2D eigenvalue weighted by Crippen LogP contribution is -2.28. The topological polar surface area (TPSA) is 59.6 Å². The summed E-state index contributed by atoms with van der Waals surface area (Å²) in [5.41, 5.74) is 1.05. The van der Waals surface area contributed by atoms with E-state index in [1.807, 2.05) is 0 Å². The van der Waals surface area contributed by atoms with Crippen molar-refractivity contribution in [2.75, 3.05) is 19.5 Å². The molecular weight excluding hydrogens is 323 g/mol. The summed E-state index contributed by atoms with van der Waals surface area (Å²) in [7, 11) is 2.96. The van der Waals surface area contributed by atoms with Crippen molar-refractivity contribution in [1.29, 1.82) is 0 Å². The first kappa shape index (κ1) is 16.9. The molecule has 122 valence electrons. The van der Waals surface area contributed by atoms with Gasteiger partial charge < -0.3 is 20.1 Å². The molecule has 0 aliphatic rings. The van der Waals surface area contributed by atoms with Crippen LogP contribution < -0.4 is 20.1 Å². The number of amides is 2. The smallest absolute Gasteiger partial charge is 0.319 e. The number of nitrogens with one attached hydrogen (secondary N) is 2. The van der Waals surface area contributed by atoms with Gasteiger partial charge >= 0.3 is 6.03 Å². The molecule has 0 unspecified atom stereocenters. The Bertz CT molecular complexity index is 710. The number of benzene rings is 2. The molecule has 0 saturated heterocycles. The van der Waals surface area contributed by atoms with Gasteiger partial charge in [-0.3, -0.25) is 0 Å². The Balaban J connectivity index is 2.03. The largest absolute Gasteiger partial charge is 0.495 e. The van der Waals surface area contributed by atoms with Gasteiger partial charge in [0.1, 0.15) is 17.3 Å². The van der Waals surface area contributed by atoms with Gasteiger partial charge in [-0.15, -0.1) is 0 Å². The predicted molar refractivity (Wildman–Crippen MR) is 86.8 cm³/mol. The van der Waals surface area contributed by atoms with Gasteiger partial charge in [0.2, 0.25) is 0 Å². The number of halogens is 2. The van der Waals surface area contributed by atoms with Crippen LogP contribution in [0.1, 0.15) is 5.56 Å². The molecule has 2 amide bonds. The van der Waals surface area contributed by atoms with Crippen LogP contribution in [0.5, 0.6) is 11.5 Å². The summed E-state index contributed by atoms with van der Waals surface area (Å²) in [4.78, 5) is 12.0. The van der Waals surface area contributed by atoms with Gasteiger partial charge in [-0.1, -0.05) is 23.7 Å². The summed E-state index contributed by atoms with van der Waals surface area (Å²) >= 11 is 6.04. The van der Waals surface area contributed by atoms with Crippen LogP contribution in [0.2, 0.25) is 5.02 Å². The molecule has 2 aromatic carbocycles. The normalized spacial score (nSPS) is 10.1. The fraction of sp³-hybridized carbons (Fsp3) is 0.188. The van der Waals surface area contributed by atoms with Crippen LogP contribution in [0, 0.1) is 5.82 Å². The van der Waals surface area contributed by atoms with E-state index < -0.39 is 6.03 Å². The maximum absolute atomic E-state index is 13.1. The zero-order valence-electron chi connectivity index (χ0n) is 12.7. The molecule has 2 N–H and O–H groups in total. The molecule has 0 aromatic heterocycles. The third kappa shape index (κ3) is 4.50. The van der Waals surface area contributed by atoms with E-state index in [0.717, 1.165) is 0 Å². The maximum Gasteiger partial charge on any atom is 0.319 e. The molecular formula is C16H16ClFN2O3. The van der Waals surface area contributed by atoms with E-state index in [1.165, 1.54) is 32.4 Å². The standard InChI is InChI=1S/C16H16ClFN2O3/c1-22-14-8-15(23-2)13(7-12(14)17)20-16(21)19-9-10-4-3-5-11(18)6-10/h3-8H,9H2,1-2H3,(H2,19,20,21). The Labute approximate surface area is 138 Å². The number of carbonyl (C=O) groups excluding carboxylic acids is 1. The number of methoxy groups -OCH3 is 2. The van der Waals surface area contributed by atoms with Crippen molar-refractivity contribution in [3.8, 4) is 11.5 Å². The van der Waals surface area contributed by atoms with Gasteiger partial charge in [-0.2, -0.15) is 0 Å². The molecule has 0 saturated carbocycles. The van der Waals surface area contributed by atoms with E-state index in [2.05, 4.69) is 10.6 Å². The second kappa shape index (κ2) is 7.69. The summed E-state index contributed by atoms with van der Waals surface area (Å²) in [5, 5.41) is 5.60. The molecule has 0 fully saturated rings. The van der Waals surface area contributed by atoms with Crippen LogP contribution in [-0.4, -0.2) is 20.3 Å². The van der Waals surface area contributed by atoms with Gasteiger partial charge in [0.15, 0.2) is 0 Å². The first-order chi connectivity index (χ1) is 11.0.